The molecule has 172 valence electrons. The molecule has 0 aliphatic heterocycles. The van der Waals surface area contributed by atoms with Crippen molar-refractivity contribution in [1.29, 1.82) is 0 Å². The van der Waals surface area contributed by atoms with Crippen molar-refractivity contribution in [3.05, 3.63) is 29.8 Å². The number of aliphatic hydroxyl groups excluding tert-OH is 1. The number of rotatable bonds is 3. The lowest BCUT2D eigenvalue weighted by molar-refractivity contribution is -0.122. The highest BCUT2D eigenvalue weighted by Crippen LogP contribution is 2.66. The van der Waals surface area contributed by atoms with E-state index in [1.165, 1.54) is 44.9 Å². The maximum Gasteiger partial charge on any atom is 0.297 e. The van der Waals surface area contributed by atoms with E-state index in [1.807, 2.05) is 6.92 Å². The third kappa shape index (κ3) is 3.41. The number of hydrogen-bond acceptors (Lipinski definition) is 4. The molecule has 5 rings (SSSR count). The van der Waals surface area contributed by atoms with Gasteiger partial charge in [-0.05, 0) is 98.5 Å². The average Bonchev–Trinajstić information content (AvgIpc) is 2.98. The molecule has 0 unspecified atom stereocenters. The van der Waals surface area contributed by atoms with Gasteiger partial charge in [0, 0.05) is 0 Å². The molecule has 0 radical (unpaired) electrons. The molecule has 4 nitrogen and oxygen atoms in total. The third-order valence-electron chi connectivity index (χ3n) is 10.1. The van der Waals surface area contributed by atoms with Crippen LogP contribution in [0.15, 0.2) is 29.2 Å². The van der Waals surface area contributed by atoms with E-state index in [2.05, 4.69) is 13.8 Å². The molecule has 0 aromatic heterocycles. The van der Waals surface area contributed by atoms with E-state index in [-0.39, 0.29) is 10.3 Å². The first-order valence-electron chi connectivity index (χ1n) is 12.3. The van der Waals surface area contributed by atoms with Gasteiger partial charge in [0.1, 0.15) is 6.10 Å². The van der Waals surface area contributed by atoms with Crippen LogP contribution in [0.3, 0.4) is 0 Å². The van der Waals surface area contributed by atoms with Gasteiger partial charge in [-0.25, -0.2) is 0 Å². The van der Waals surface area contributed by atoms with E-state index in [0.717, 1.165) is 17.9 Å². The lowest BCUT2D eigenvalue weighted by atomic mass is 9.45. The molecule has 5 heteroatoms. The minimum atomic E-state index is -3.88. The third-order valence-corrected chi connectivity index (χ3v) is 11.4. The van der Waals surface area contributed by atoms with Crippen LogP contribution in [0.5, 0.6) is 0 Å². The zero-order chi connectivity index (χ0) is 22.0. The van der Waals surface area contributed by atoms with E-state index >= 15 is 0 Å². The van der Waals surface area contributed by atoms with Gasteiger partial charge in [0.15, 0.2) is 0 Å². The van der Waals surface area contributed by atoms with Gasteiger partial charge < -0.3 is 5.11 Å². The van der Waals surface area contributed by atoms with E-state index < -0.39 is 22.3 Å². The van der Waals surface area contributed by atoms with E-state index in [4.69, 9.17) is 4.18 Å². The Balaban J connectivity index is 1.39. The topological polar surface area (TPSA) is 63.6 Å². The first-order valence-corrected chi connectivity index (χ1v) is 13.7. The highest BCUT2D eigenvalue weighted by molar-refractivity contribution is 7.86. The summed E-state index contributed by atoms with van der Waals surface area (Å²) in [5.74, 6) is 2.50. The Bertz CT molecular complexity index is 925. The fourth-order valence-electron chi connectivity index (χ4n) is 8.27. The van der Waals surface area contributed by atoms with Crippen molar-refractivity contribution in [1.82, 2.24) is 0 Å². The van der Waals surface area contributed by atoms with Gasteiger partial charge in [-0.2, -0.15) is 8.42 Å². The van der Waals surface area contributed by atoms with Crippen LogP contribution in [-0.2, 0) is 14.3 Å². The average molecular weight is 447 g/mol. The Labute approximate surface area is 187 Å². The smallest absolute Gasteiger partial charge is 0.297 e. The lowest BCUT2D eigenvalue weighted by Gasteiger charge is -2.60. The van der Waals surface area contributed by atoms with Crippen LogP contribution in [-0.4, -0.2) is 25.7 Å². The summed E-state index contributed by atoms with van der Waals surface area (Å²) >= 11 is 0. The Morgan fingerprint density at radius 1 is 0.935 bits per heavy atom. The Kier molecular flexibility index (Phi) is 5.35. The highest BCUT2D eigenvalue weighted by Gasteiger charge is 2.62. The van der Waals surface area contributed by atoms with E-state index in [9.17, 15) is 13.5 Å². The largest absolute Gasteiger partial charge is 0.390 e. The van der Waals surface area contributed by atoms with Crippen molar-refractivity contribution in [3.8, 4) is 0 Å². The summed E-state index contributed by atoms with van der Waals surface area (Å²) in [5, 5.41) is 11.3. The molecule has 0 saturated heterocycles. The second-order valence-corrected chi connectivity index (χ2v) is 13.1. The van der Waals surface area contributed by atoms with Crippen LogP contribution in [0.4, 0.5) is 0 Å². The van der Waals surface area contributed by atoms with Crippen molar-refractivity contribution in [3.63, 3.8) is 0 Å². The summed E-state index contributed by atoms with van der Waals surface area (Å²) in [7, 11) is -3.88. The maximum absolute atomic E-state index is 12.9. The number of benzene rings is 1. The zero-order valence-corrected chi connectivity index (χ0v) is 20.0. The van der Waals surface area contributed by atoms with Crippen molar-refractivity contribution in [2.24, 2.45) is 34.5 Å². The van der Waals surface area contributed by atoms with Gasteiger partial charge in [0.25, 0.3) is 10.1 Å². The van der Waals surface area contributed by atoms with Crippen molar-refractivity contribution < 1.29 is 17.7 Å². The van der Waals surface area contributed by atoms with Crippen LogP contribution in [0.1, 0.15) is 77.2 Å². The standard InChI is InChI=1S/C26H38O4S/c1-17-7-10-19(11-8-17)31(28,29)30-23-16-22-20-12-9-18-6-4-5-14-25(18,2)21(20)13-15-26(22,3)24(23)27/h7-8,10-11,18,20-24,27H,4-6,9,12-16H2,1-3H3/t18-,20-,21-,22-,23-,24-,25+,26+/m1/s1. The molecule has 4 fully saturated rings. The molecule has 0 heterocycles. The molecule has 1 aromatic rings. The zero-order valence-electron chi connectivity index (χ0n) is 19.2. The van der Waals surface area contributed by atoms with Crippen molar-refractivity contribution >= 4 is 10.1 Å². The van der Waals surface area contributed by atoms with Gasteiger partial charge in [-0.3, -0.25) is 4.18 Å². The second-order valence-electron chi connectivity index (χ2n) is 11.5. The summed E-state index contributed by atoms with van der Waals surface area (Å²) in [5.41, 5.74) is 1.20. The molecule has 8 atom stereocenters. The molecule has 4 saturated carbocycles. The van der Waals surface area contributed by atoms with Gasteiger partial charge in [0.05, 0.1) is 11.0 Å². The van der Waals surface area contributed by atoms with Crippen molar-refractivity contribution in [2.75, 3.05) is 0 Å². The number of aryl methyl sites for hydroxylation is 1. The monoisotopic (exact) mass is 446 g/mol. The Hall–Kier alpha value is -0.910. The highest BCUT2D eigenvalue weighted by atomic mass is 32.2. The first-order chi connectivity index (χ1) is 14.6. The number of hydrogen-bond donors (Lipinski definition) is 1. The first kappa shape index (κ1) is 21.9. The fourth-order valence-corrected chi connectivity index (χ4v) is 9.36. The van der Waals surface area contributed by atoms with E-state index in [0.29, 0.717) is 29.6 Å². The van der Waals surface area contributed by atoms with Crippen LogP contribution in [0.25, 0.3) is 0 Å². The van der Waals surface area contributed by atoms with Gasteiger partial charge in [0.2, 0.25) is 0 Å². The molecule has 4 aliphatic rings. The maximum atomic E-state index is 12.9. The van der Waals surface area contributed by atoms with Gasteiger partial charge >= 0.3 is 0 Å². The number of aliphatic hydroxyl groups is 1. The van der Waals surface area contributed by atoms with Crippen LogP contribution >= 0.6 is 0 Å². The van der Waals surface area contributed by atoms with Gasteiger partial charge in [-0.15, -0.1) is 0 Å². The summed E-state index contributed by atoms with van der Waals surface area (Å²) in [6, 6.07) is 6.77. The van der Waals surface area contributed by atoms with Crippen LogP contribution in [0, 0.1) is 41.4 Å². The minimum Gasteiger partial charge on any atom is -0.390 e. The Morgan fingerprint density at radius 2 is 1.68 bits per heavy atom. The summed E-state index contributed by atoms with van der Waals surface area (Å²) in [6.45, 7) is 6.66. The normalized spacial score (nSPS) is 44.9. The summed E-state index contributed by atoms with van der Waals surface area (Å²) in [4.78, 5) is 0.179. The summed E-state index contributed by atoms with van der Waals surface area (Å²) < 4.78 is 31.6. The molecule has 1 aromatic carbocycles. The molecule has 0 bridgehead atoms. The minimum absolute atomic E-state index is 0.179. The van der Waals surface area contributed by atoms with Crippen LogP contribution in [0.2, 0.25) is 0 Å². The second kappa shape index (κ2) is 7.56. The molecule has 0 amide bonds. The quantitative estimate of drug-likeness (QED) is 0.625. The SMILES string of the molecule is Cc1ccc(S(=O)(=O)O[C@@H]2C[C@@H]3[C@@H]4CC[C@H]5CCCC[C@]5(C)[C@@H]4CC[C@]3(C)[C@@H]2O)cc1. The molecule has 0 spiro atoms. The summed E-state index contributed by atoms with van der Waals surface area (Å²) in [6.07, 6.45) is 9.41. The predicted octanol–water partition coefficient (Wildman–Crippen LogP) is 5.47. The van der Waals surface area contributed by atoms with Gasteiger partial charge in [-0.1, -0.05) is 44.4 Å². The molecular formula is C26H38O4S. The van der Waals surface area contributed by atoms with E-state index in [1.54, 1.807) is 24.3 Å². The molecule has 4 aliphatic carbocycles. The number of fused-ring (bicyclic) bond motifs is 5. The Morgan fingerprint density at radius 3 is 2.42 bits per heavy atom. The molecule has 1 N–H and O–H groups in total. The molecular weight excluding hydrogens is 408 g/mol. The van der Waals surface area contributed by atoms with Crippen molar-refractivity contribution in [2.45, 2.75) is 95.7 Å². The fraction of sp³-hybridized carbons (Fsp3) is 0.769. The molecule has 31 heavy (non-hydrogen) atoms. The lowest BCUT2D eigenvalue weighted by Crippen LogP contribution is -2.53. The van der Waals surface area contributed by atoms with Crippen LogP contribution < -0.4 is 0 Å². The predicted molar refractivity (Wildman–Crippen MR) is 121 cm³/mol.